The molecule has 1 heterocycles. The van der Waals surface area contributed by atoms with Gasteiger partial charge in [0.2, 0.25) is 0 Å². The van der Waals surface area contributed by atoms with Crippen molar-refractivity contribution in [2.75, 3.05) is 13.7 Å². The Kier molecular flexibility index (Phi) is 6.56. The van der Waals surface area contributed by atoms with Gasteiger partial charge in [0.1, 0.15) is 0 Å². The molecule has 2 aromatic carbocycles. The largest absolute Gasteiger partial charge is 0.493 e. The fourth-order valence-electron chi connectivity index (χ4n) is 2.75. The van der Waals surface area contributed by atoms with Crippen LogP contribution in [-0.2, 0) is 4.79 Å². The van der Waals surface area contributed by atoms with Crippen LogP contribution in [-0.4, -0.2) is 34.9 Å². The van der Waals surface area contributed by atoms with Crippen LogP contribution < -0.4 is 14.9 Å². The van der Waals surface area contributed by atoms with E-state index in [1.165, 1.54) is 0 Å². The normalized spacial score (nSPS) is 15.0. The molecular formula is C21H20N2O4S2. The summed E-state index contributed by atoms with van der Waals surface area (Å²) in [5, 5.41) is 1.10. The number of thiocarbonyl (C=S) groups is 1. The first-order chi connectivity index (χ1) is 13.9. The van der Waals surface area contributed by atoms with Gasteiger partial charge < -0.3 is 9.47 Å². The Hall–Kier alpha value is -2.84. The summed E-state index contributed by atoms with van der Waals surface area (Å²) in [5.41, 5.74) is 4.66. The van der Waals surface area contributed by atoms with Gasteiger partial charge in [-0.25, -0.2) is 0 Å². The van der Waals surface area contributed by atoms with Crippen molar-refractivity contribution < 1.29 is 19.1 Å². The van der Waals surface area contributed by atoms with Crippen LogP contribution in [0.25, 0.3) is 6.08 Å². The Labute approximate surface area is 178 Å². The van der Waals surface area contributed by atoms with Gasteiger partial charge in [-0.05, 0) is 61.5 Å². The van der Waals surface area contributed by atoms with E-state index in [1.54, 1.807) is 37.5 Å². The zero-order valence-corrected chi connectivity index (χ0v) is 17.9. The first kappa shape index (κ1) is 20.9. The minimum Gasteiger partial charge on any atom is -0.493 e. The number of hydrogen-bond acceptors (Lipinski definition) is 6. The Bertz CT molecular complexity index is 1000. The molecule has 0 radical (unpaired) electrons. The third-order valence-electron chi connectivity index (χ3n) is 4.18. The van der Waals surface area contributed by atoms with Crippen molar-refractivity contribution in [2.24, 2.45) is 0 Å². The van der Waals surface area contributed by atoms with Crippen molar-refractivity contribution in [3.8, 4) is 11.5 Å². The molecule has 150 valence electrons. The number of ether oxygens (including phenoxy) is 2. The molecule has 0 bridgehead atoms. The second kappa shape index (κ2) is 9.11. The molecule has 0 spiro atoms. The number of carbonyl (C=O) groups is 2. The first-order valence-corrected chi connectivity index (χ1v) is 10.1. The summed E-state index contributed by atoms with van der Waals surface area (Å²) in [6.07, 6.45) is 1.71. The van der Waals surface area contributed by atoms with Gasteiger partial charge in [0.05, 0.1) is 18.6 Å². The summed E-state index contributed by atoms with van der Waals surface area (Å²) in [6.45, 7) is 4.25. The van der Waals surface area contributed by atoms with Crippen molar-refractivity contribution in [1.29, 1.82) is 0 Å². The summed E-state index contributed by atoms with van der Waals surface area (Å²) in [7, 11) is 1.56. The van der Waals surface area contributed by atoms with E-state index in [2.05, 4.69) is 5.43 Å². The molecule has 2 aromatic rings. The second-order valence-corrected chi connectivity index (χ2v) is 7.79. The molecule has 0 saturated carbocycles. The van der Waals surface area contributed by atoms with Crippen molar-refractivity contribution in [3.63, 3.8) is 0 Å². The van der Waals surface area contributed by atoms with Crippen LogP contribution in [0.3, 0.4) is 0 Å². The number of thioether (sulfide) groups is 1. The van der Waals surface area contributed by atoms with Gasteiger partial charge in [-0.1, -0.05) is 36.0 Å². The molecule has 3 rings (SSSR count). The smallest absolute Gasteiger partial charge is 0.285 e. The van der Waals surface area contributed by atoms with Crippen LogP contribution in [0.5, 0.6) is 11.5 Å². The number of nitrogens with one attached hydrogen (secondary N) is 1. The molecular weight excluding hydrogens is 408 g/mol. The zero-order valence-electron chi connectivity index (χ0n) is 16.2. The lowest BCUT2D eigenvalue weighted by Gasteiger charge is -2.16. The fourth-order valence-corrected chi connectivity index (χ4v) is 3.93. The van der Waals surface area contributed by atoms with Crippen LogP contribution in [0.1, 0.15) is 28.4 Å². The van der Waals surface area contributed by atoms with Gasteiger partial charge in [-0.15, -0.1) is 0 Å². The van der Waals surface area contributed by atoms with E-state index in [1.807, 2.05) is 32.0 Å². The van der Waals surface area contributed by atoms with E-state index >= 15 is 0 Å². The van der Waals surface area contributed by atoms with Crippen molar-refractivity contribution in [1.82, 2.24) is 10.4 Å². The molecule has 8 heteroatoms. The first-order valence-electron chi connectivity index (χ1n) is 8.90. The Morgan fingerprint density at radius 3 is 2.69 bits per heavy atom. The molecule has 6 nitrogen and oxygen atoms in total. The van der Waals surface area contributed by atoms with Gasteiger partial charge in [0.25, 0.3) is 11.8 Å². The van der Waals surface area contributed by atoms with E-state index in [9.17, 15) is 9.59 Å². The number of hydrazine groups is 1. The Balaban J connectivity index is 1.80. The third kappa shape index (κ3) is 4.60. The van der Waals surface area contributed by atoms with Gasteiger partial charge in [0.15, 0.2) is 15.8 Å². The maximum absolute atomic E-state index is 12.8. The number of nitrogens with zero attached hydrogens (tertiary/aromatic N) is 1. The molecule has 1 aliphatic heterocycles. The molecule has 1 fully saturated rings. The third-order valence-corrected chi connectivity index (χ3v) is 5.48. The monoisotopic (exact) mass is 428 g/mol. The molecule has 29 heavy (non-hydrogen) atoms. The highest BCUT2D eigenvalue weighted by molar-refractivity contribution is 8.26. The SMILES string of the molecule is CCOc1ccc(/C=C2\SC(=S)N(NC(=O)c3ccccc3C)C2=O)cc1OC. The highest BCUT2D eigenvalue weighted by atomic mass is 32.2. The predicted octanol–water partition coefficient (Wildman–Crippen LogP) is 3.95. The minimum absolute atomic E-state index is 0.265. The summed E-state index contributed by atoms with van der Waals surface area (Å²) >= 11 is 6.41. The summed E-state index contributed by atoms with van der Waals surface area (Å²) in [6, 6.07) is 12.5. The number of carbonyl (C=O) groups excluding carboxylic acids is 2. The van der Waals surface area contributed by atoms with Crippen LogP contribution >= 0.6 is 24.0 Å². The van der Waals surface area contributed by atoms with Crippen LogP contribution in [0.15, 0.2) is 47.4 Å². The van der Waals surface area contributed by atoms with E-state index < -0.39 is 0 Å². The predicted molar refractivity (Wildman–Crippen MR) is 118 cm³/mol. The molecule has 1 N–H and O–H groups in total. The van der Waals surface area contributed by atoms with Crippen molar-refractivity contribution in [3.05, 3.63) is 64.1 Å². The number of amides is 2. The van der Waals surface area contributed by atoms with Gasteiger partial charge in [0, 0.05) is 5.56 Å². The van der Waals surface area contributed by atoms with Gasteiger partial charge in [-0.3, -0.25) is 15.0 Å². The molecule has 1 aliphatic rings. The minimum atomic E-state index is -0.386. The average molecular weight is 429 g/mol. The maximum Gasteiger partial charge on any atom is 0.285 e. The summed E-state index contributed by atoms with van der Waals surface area (Å²) < 4.78 is 11.1. The molecule has 2 amide bonds. The van der Waals surface area contributed by atoms with Gasteiger partial charge in [-0.2, -0.15) is 5.01 Å². The number of benzene rings is 2. The zero-order chi connectivity index (χ0) is 21.0. The van der Waals surface area contributed by atoms with Crippen LogP contribution in [0, 0.1) is 6.92 Å². The molecule has 0 aromatic heterocycles. The fraction of sp³-hybridized carbons (Fsp3) is 0.190. The van der Waals surface area contributed by atoms with E-state index in [4.69, 9.17) is 21.7 Å². The molecule has 1 saturated heterocycles. The van der Waals surface area contributed by atoms with Gasteiger partial charge >= 0.3 is 0 Å². The summed E-state index contributed by atoms with van der Waals surface area (Å²) in [5.74, 6) is 0.437. The number of rotatable bonds is 6. The number of hydrogen-bond donors (Lipinski definition) is 1. The van der Waals surface area contributed by atoms with Crippen LogP contribution in [0.2, 0.25) is 0 Å². The Morgan fingerprint density at radius 2 is 2.00 bits per heavy atom. The highest BCUT2D eigenvalue weighted by Crippen LogP contribution is 2.34. The maximum atomic E-state index is 12.8. The average Bonchev–Trinajstić information content (AvgIpc) is 2.97. The highest BCUT2D eigenvalue weighted by Gasteiger charge is 2.34. The van der Waals surface area contributed by atoms with Crippen molar-refractivity contribution in [2.45, 2.75) is 13.8 Å². The van der Waals surface area contributed by atoms with Crippen molar-refractivity contribution >= 4 is 46.2 Å². The lowest BCUT2D eigenvalue weighted by atomic mass is 10.1. The van der Waals surface area contributed by atoms with E-state index in [0.717, 1.165) is 27.9 Å². The summed E-state index contributed by atoms with van der Waals surface area (Å²) in [4.78, 5) is 25.7. The quantitative estimate of drug-likeness (QED) is 0.555. The molecule has 0 unspecified atom stereocenters. The Morgan fingerprint density at radius 1 is 1.24 bits per heavy atom. The van der Waals surface area contributed by atoms with Crippen LogP contribution in [0.4, 0.5) is 0 Å². The lowest BCUT2D eigenvalue weighted by molar-refractivity contribution is -0.123. The standard InChI is InChI=1S/C21H20N2O4S2/c1-4-27-16-10-9-14(11-17(16)26-3)12-18-20(25)23(21(28)29-18)22-19(24)15-8-6-5-7-13(15)2/h5-12H,4H2,1-3H3,(H,22,24)/b18-12-. The topological polar surface area (TPSA) is 67.9 Å². The number of methoxy groups -OCH3 is 1. The number of aryl methyl sites for hydroxylation is 1. The second-order valence-electron chi connectivity index (χ2n) is 6.12. The molecule has 0 atom stereocenters. The van der Waals surface area contributed by atoms with E-state index in [0.29, 0.717) is 28.6 Å². The lowest BCUT2D eigenvalue weighted by Crippen LogP contribution is -2.45. The molecule has 0 aliphatic carbocycles. The van der Waals surface area contributed by atoms with E-state index in [-0.39, 0.29) is 16.1 Å².